The van der Waals surface area contributed by atoms with Crippen molar-refractivity contribution in [2.24, 2.45) is 11.8 Å². The quantitative estimate of drug-likeness (QED) is 0.723. The Balaban J connectivity index is 3.09. The minimum atomic E-state index is -0.991. The Bertz CT molecular complexity index is 573. The second-order valence-electron chi connectivity index (χ2n) is 5.94. The standard InChI is InChI=1S/C18H27NO5/c1-6-11(2)12(3)18(22)19-15(10-17(20)21)14-8-7-13(23-4)9-16(14)24-5/h7-9,11-12,15H,6,10H2,1-5H3,(H,19,22)(H,20,21). The van der Waals surface area contributed by atoms with Crippen LogP contribution in [0.5, 0.6) is 11.5 Å². The van der Waals surface area contributed by atoms with Gasteiger partial charge in [-0.05, 0) is 18.1 Å². The van der Waals surface area contributed by atoms with Crippen LogP contribution in [0.1, 0.15) is 45.2 Å². The normalized spacial score (nSPS) is 14.4. The maximum absolute atomic E-state index is 12.5. The summed E-state index contributed by atoms with van der Waals surface area (Å²) >= 11 is 0. The van der Waals surface area contributed by atoms with E-state index in [2.05, 4.69) is 5.32 Å². The number of carbonyl (C=O) groups excluding carboxylic acids is 1. The Morgan fingerprint density at radius 3 is 2.38 bits per heavy atom. The first-order valence-corrected chi connectivity index (χ1v) is 8.08. The molecule has 134 valence electrons. The number of hydrogen-bond donors (Lipinski definition) is 2. The number of ether oxygens (including phenoxy) is 2. The third-order valence-corrected chi connectivity index (χ3v) is 4.42. The van der Waals surface area contributed by atoms with Gasteiger partial charge in [-0.2, -0.15) is 0 Å². The van der Waals surface area contributed by atoms with Gasteiger partial charge in [0.2, 0.25) is 5.91 Å². The molecule has 0 heterocycles. The molecule has 0 saturated carbocycles. The Labute approximate surface area is 143 Å². The molecule has 0 radical (unpaired) electrons. The Kier molecular flexibility index (Phi) is 7.55. The number of hydrogen-bond acceptors (Lipinski definition) is 4. The highest BCUT2D eigenvalue weighted by Crippen LogP contribution is 2.31. The average Bonchev–Trinajstić information content (AvgIpc) is 2.58. The summed E-state index contributed by atoms with van der Waals surface area (Å²) in [7, 11) is 3.04. The molecular formula is C18H27NO5. The first kappa shape index (κ1) is 19.8. The van der Waals surface area contributed by atoms with Crippen LogP contribution >= 0.6 is 0 Å². The minimum absolute atomic E-state index is 0.159. The number of methoxy groups -OCH3 is 2. The Morgan fingerprint density at radius 1 is 1.21 bits per heavy atom. The smallest absolute Gasteiger partial charge is 0.305 e. The molecule has 1 aromatic carbocycles. The van der Waals surface area contributed by atoms with Crippen LogP contribution < -0.4 is 14.8 Å². The van der Waals surface area contributed by atoms with Crippen molar-refractivity contribution in [3.05, 3.63) is 23.8 Å². The van der Waals surface area contributed by atoms with Gasteiger partial charge in [0.15, 0.2) is 0 Å². The molecule has 0 aliphatic rings. The number of carboxylic acids is 1. The molecule has 1 aromatic rings. The van der Waals surface area contributed by atoms with Crippen molar-refractivity contribution in [3.63, 3.8) is 0 Å². The van der Waals surface area contributed by atoms with Crippen LogP contribution in [-0.2, 0) is 9.59 Å². The molecule has 0 saturated heterocycles. The number of amides is 1. The van der Waals surface area contributed by atoms with Crippen molar-refractivity contribution >= 4 is 11.9 Å². The average molecular weight is 337 g/mol. The fraction of sp³-hybridized carbons (Fsp3) is 0.556. The van der Waals surface area contributed by atoms with Crippen LogP contribution in [0.2, 0.25) is 0 Å². The highest BCUT2D eigenvalue weighted by molar-refractivity contribution is 5.80. The molecule has 1 amide bonds. The van der Waals surface area contributed by atoms with Gasteiger partial charge in [0.05, 0.1) is 26.7 Å². The van der Waals surface area contributed by atoms with Crippen LogP contribution in [0.25, 0.3) is 0 Å². The Morgan fingerprint density at radius 2 is 1.88 bits per heavy atom. The van der Waals surface area contributed by atoms with Gasteiger partial charge < -0.3 is 19.9 Å². The highest BCUT2D eigenvalue weighted by Gasteiger charge is 2.26. The van der Waals surface area contributed by atoms with E-state index >= 15 is 0 Å². The van der Waals surface area contributed by atoms with E-state index in [1.807, 2.05) is 20.8 Å². The fourth-order valence-corrected chi connectivity index (χ4v) is 2.43. The number of nitrogens with one attached hydrogen (secondary N) is 1. The molecule has 0 fully saturated rings. The van der Waals surface area contributed by atoms with E-state index in [1.54, 1.807) is 25.3 Å². The van der Waals surface area contributed by atoms with Crippen molar-refractivity contribution in [3.8, 4) is 11.5 Å². The summed E-state index contributed by atoms with van der Waals surface area (Å²) in [6.45, 7) is 5.88. The zero-order valence-corrected chi connectivity index (χ0v) is 15.0. The number of carboxylic acid groups (broad SMARTS) is 1. The number of benzene rings is 1. The van der Waals surface area contributed by atoms with E-state index < -0.39 is 12.0 Å². The van der Waals surface area contributed by atoms with Crippen LogP contribution in [0.4, 0.5) is 0 Å². The summed E-state index contributed by atoms with van der Waals surface area (Å²) in [5.41, 5.74) is 0.616. The number of rotatable bonds is 9. The molecule has 1 rings (SSSR count). The van der Waals surface area contributed by atoms with Crippen LogP contribution in [0, 0.1) is 11.8 Å². The topological polar surface area (TPSA) is 84.9 Å². The molecule has 0 aromatic heterocycles. The lowest BCUT2D eigenvalue weighted by molar-refractivity contribution is -0.138. The largest absolute Gasteiger partial charge is 0.497 e. The predicted molar refractivity (Wildman–Crippen MR) is 91.3 cm³/mol. The molecule has 0 spiro atoms. The first-order chi connectivity index (χ1) is 11.3. The van der Waals surface area contributed by atoms with Gasteiger partial charge in [-0.1, -0.05) is 27.2 Å². The molecule has 0 bridgehead atoms. The van der Waals surface area contributed by atoms with Crippen LogP contribution in [0.15, 0.2) is 18.2 Å². The SMILES string of the molecule is CCC(C)C(C)C(=O)NC(CC(=O)O)c1ccc(OC)cc1OC. The van der Waals surface area contributed by atoms with Crippen LogP contribution in [0.3, 0.4) is 0 Å². The van der Waals surface area contributed by atoms with E-state index in [0.29, 0.717) is 17.1 Å². The Hall–Kier alpha value is -2.24. The van der Waals surface area contributed by atoms with Crippen molar-refractivity contribution in [2.45, 2.75) is 39.7 Å². The second-order valence-corrected chi connectivity index (χ2v) is 5.94. The van der Waals surface area contributed by atoms with E-state index in [1.165, 1.54) is 7.11 Å². The second kappa shape index (κ2) is 9.15. The van der Waals surface area contributed by atoms with Crippen molar-refractivity contribution in [2.75, 3.05) is 14.2 Å². The number of aliphatic carboxylic acids is 1. The summed E-state index contributed by atoms with van der Waals surface area (Å²) in [5, 5.41) is 12.1. The van der Waals surface area contributed by atoms with Gasteiger partial charge in [0.25, 0.3) is 0 Å². The molecule has 0 aliphatic heterocycles. The third-order valence-electron chi connectivity index (χ3n) is 4.42. The zero-order chi connectivity index (χ0) is 18.3. The lowest BCUT2D eigenvalue weighted by Crippen LogP contribution is -2.36. The minimum Gasteiger partial charge on any atom is -0.497 e. The maximum Gasteiger partial charge on any atom is 0.305 e. The molecule has 6 heteroatoms. The highest BCUT2D eigenvalue weighted by atomic mass is 16.5. The summed E-state index contributed by atoms with van der Waals surface area (Å²) in [6, 6.07) is 4.45. The summed E-state index contributed by atoms with van der Waals surface area (Å²) in [6.07, 6.45) is 0.658. The zero-order valence-electron chi connectivity index (χ0n) is 15.0. The summed E-state index contributed by atoms with van der Waals surface area (Å²) in [5.74, 6) is -0.0484. The molecule has 2 N–H and O–H groups in total. The van der Waals surface area contributed by atoms with Gasteiger partial charge in [-0.25, -0.2) is 0 Å². The van der Waals surface area contributed by atoms with Crippen molar-refractivity contribution < 1.29 is 24.2 Å². The van der Waals surface area contributed by atoms with Crippen LogP contribution in [-0.4, -0.2) is 31.2 Å². The number of carbonyl (C=O) groups is 2. The van der Waals surface area contributed by atoms with Gasteiger partial charge in [0.1, 0.15) is 11.5 Å². The predicted octanol–water partition coefficient (Wildman–Crippen LogP) is 3.02. The molecule has 0 aliphatic carbocycles. The van der Waals surface area contributed by atoms with Gasteiger partial charge in [0, 0.05) is 17.5 Å². The lowest BCUT2D eigenvalue weighted by atomic mass is 9.92. The molecule has 24 heavy (non-hydrogen) atoms. The van der Waals surface area contributed by atoms with E-state index in [9.17, 15) is 14.7 Å². The van der Waals surface area contributed by atoms with Gasteiger partial charge in [-0.15, -0.1) is 0 Å². The van der Waals surface area contributed by atoms with Crippen molar-refractivity contribution in [1.82, 2.24) is 5.32 Å². The van der Waals surface area contributed by atoms with Gasteiger partial charge >= 0.3 is 5.97 Å². The lowest BCUT2D eigenvalue weighted by Gasteiger charge is -2.24. The van der Waals surface area contributed by atoms with Crippen molar-refractivity contribution in [1.29, 1.82) is 0 Å². The van der Waals surface area contributed by atoms with E-state index in [0.717, 1.165) is 6.42 Å². The monoisotopic (exact) mass is 337 g/mol. The summed E-state index contributed by atoms with van der Waals surface area (Å²) < 4.78 is 10.5. The van der Waals surface area contributed by atoms with E-state index in [4.69, 9.17) is 9.47 Å². The van der Waals surface area contributed by atoms with Gasteiger partial charge in [-0.3, -0.25) is 9.59 Å². The fourth-order valence-electron chi connectivity index (χ4n) is 2.43. The molecule has 3 atom stereocenters. The van der Waals surface area contributed by atoms with E-state index in [-0.39, 0.29) is 24.2 Å². The third kappa shape index (κ3) is 5.15. The first-order valence-electron chi connectivity index (χ1n) is 8.08. The molecule has 3 unspecified atom stereocenters. The summed E-state index contributed by atoms with van der Waals surface area (Å²) in [4.78, 5) is 23.7. The maximum atomic E-state index is 12.5. The molecule has 6 nitrogen and oxygen atoms in total. The molecular weight excluding hydrogens is 310 g/mol.